The standard InChI is InChI=1S/C14H18O5/c1-2-17-13(15)8-9-14(16)19-11-10-18-12-6-4-3-5-7-12/h3-7H,2,8-11H2,1H3. The van der Waals surface area contributed by atoms with Gasteiger partial charge in [0.15, 0.2) is 0 Å². The third-order valence-corrected chi connectivity index (χ3v) is 2.20. The first-order chi connectivity index (χ1) is 9.22. The minimum absolute atomic E-state index is 0.0319. The van der Waals surface area contributed by atoms with Crippen molar-refractivity contribution < 1.29 is 23.8 Å². The Bertz CT molecular complexity index is 388. The van der Waals surface area contributed by atoms with E-state index in [0.29, 0.717) is 6.61 Å². The predicted molar refractivity (Wildman–Crippen MR) is 68.8 cm³/mol. The summed E-state index contributed by atoms with van der Waals surface area (Å²) in [5.41, 5.74) is 0. The molecule has 0 bridgehead atoms. The third kappa shape index (κ3) is 7.08. The van der Waals surface area contributed by atoms with Crippen molar-refractivity contribution >= 4 is 11.9 Å². The van der Waals surface area contributed by atoms with Gasteiger partial charge >= 0.3 is 11.9 Å². The van der Waals surface area contributed by atoms with Gasteiger partial charge in [-0.3, -0.25) is 9.59 Å². The summed E-state index contributed by atoms with van der Waals surface area (Å²) in [5.74, 6) is -0.0882. The van der Waals surface area contributed by atoms with E-state index in [0.717, 1.165) is 5.75 Å². The highest BCUT2D eigenvalue weighted by Gasteiger charge is 2.08. The van der Waals surface area contributed by atoms with Gasteiger partial charge in [0.2, 0.25) is 0 Å². The van der Waals surface area contributed by atoms with Gasteiger partial charge in [-0.25, -0.2) is 0 Å². The molecule has 5 heteroatoms. The van der Waals surface area contributed by atoms with Crippen LogP contribution in [0.5, 0.6) is 5.75 Å². The van der Waals surface area contributed by atoms with Gasteiger partial charge < -0.3 is 14.2 Å². The zero-order valence-electron chi connectivity index (χ0n) is 11.0. The Morgan fingerprint density at radius 2 is 1.58 bits per heavy atom. The van der Waals surface area contributed by atoms with Crippen molar-refractivity contribution in [3.8, 4) is 5.75 Å². The first kappa shape index (κ1) is 15.0. The molecule has 0 amide bonds. The summed E-state index contributed by atoms with van der Waals surface area (Å²) in [4.78, 5) is 22.3. The molecule has 0 saturated carbocycles. The predicted octanol–water partition coefficient (Wildman–Crippen LogP) is 1.95. The Morgan fingerprint density at radius 3 is 2.21 bits per heavy atom. The second-order valence-electron chi connectivity index (χ2n) is 3.69. The van der Waals surface area contributed by atoms with Crippen molar-refractivity contribution in [2.24, 2.45) is 0 Å². The zero-order valence-corrected chi connectivity index (χ0v) is 11.0. The lowest BCUT2D eigenvalue weighted by molar-refractivity contribution is -0.150. The molecule has 0 heterocycles. The van der Waals surface area contributed by atoms with Crippen LogP contribution in [-0.4, -0.2) is 31.8 Å². The van der Waals surface area contributed by atoms with E-state index in [1.165, 1.54) is 0 Å². The Kier molecular flexibility index (Phi) is 7.09. The quantitative estimate of drug-likeness (QED) is 0.531. The van der Waals surface area contributed by atoms with Gasteiger partial charge in [-0.15, -0.1) is 0 Å². The summed E-state index contributed by atoms with van der Waals surface area (Å²) in [7, 11) is 0. The average molecular weight is 266 g/mol. The van der Waals surface area contributed by atoms with Crippen molar-refractivity contribution in [1.29, 1.82) is 0 Å². The van der Waals surface area contributed by atoms with E-state index < -0.39 is 5.97 Å². The summed E-state index contributed by atoms with van der Waals surface area (Å²) in [5, 5.41) is 0. The van der Waals surface area contributed by atoms with Crippen molar-refractivity contribution in [1.82, 2.24) is 0 Å². The van der Waals surface area contributed by atoms with Crippen LogP contribution in [0.15, 0.2) is 30.3 Å². The van der Waals surface area contributed by atoms with Crippen LogP contribution in [0.3, 0.4) is 0 Å². The van der Waals surface area contributed by atoms with Gasteiger partial charge in [0.25, 0.3) is 0 Å². The number of para-hydroxylation sites is 1. The summed E-state index contributed by atoms with van der Waals surface area (Å²) >= 11 is 0. The van der Waals surface area contributed by atoms with E-state index in [2.05, 4.69) is 0 Å². The fourth-order valence-corrected chi connectivity index (χ4v) is 1.34. The molecule has 19 heavy (non-hydrogen) atoms. The second-order valence-corrected chi connectivity index (χ2v) is 3.69. The molecule has 0 aliphatic heterocycles. The maximum atomic E-state index is 11.3. The minimum atomic E-state index is -0.426. The van der Waals surface area contributed by atoms with Crippen LogP contribution < -0.4 is 4.74 Å². The normalized spacial score (nSPS) is 9.74. The average Bonchev–Trinajstić information content (AvgIpc) is 2.43. The molecule has 0 spiro atoms. The molecule has 104 valence electrons. The summed E-state index contributed by atoms with van der Waals surface area (Å²) in [6.07, 6.45) is 0.0797. The van der Waals surface area contributed by atoms with Crippen molar-refractivity contribution in [3.05, 3.63) is 30.3 Å². The number of carbonyl (C=O) groups excluding carboxylic acids is 2. The number of hydrogen-bond acceptors (Lipinski definition) is 5. The van der Waals surface area contributed by atoms with Crippen molar-refractivity contribution in [3.63, 3.8) is 0 Å². The first-order valence-corrected chi connectivity index (χ1v) is 6.21. The monoisotopic (exact) mass is 266 g/mol. The van der Waals surface area contributed by atoms with Crippen molar-refractivity contribution in [2.75, 3.05) is 19.8 Å². The lowest BCUT2D eigenvalue weighted by Gasteiger charge is -2.07. The SMILES string of the molecule is CCOC(=O)CCC(=O)OCCOc1ccccc1. The first-order valence-electron chi connectivity index (χ1n) is 6.21. The highest BCUT2D eigenvalue weighted by atomic mass is 16.6. The van der Waals surface area contributed by atoms with E-state index in [1.807, 2.05) is 30.3 Å². The van der Waals surface area contributed by atoms with E-state index in [-0.39, 0.29) is 32.0 Å². The van der Waals surface area contributed by atoms with Crippen LogP contribution >= 0.6 is 0 Å². The molecule has 0 aliphatic rings. The second kappa shape index (κ2) is 8.97. The molecule has 0 unspecified atom stereocenters. The number of rotatable bonds is 8. The van der Waals surface area contributed by atoms with E-state index >= 15 is 0 Å². The summed E-state index contributed by atoms with van der Waals surface area (Å²) in [6, 6.07) is 9.26. The highest BCUT2D eigenvalue weighted by Crippen LogP contribution is 2.07. The van der Waals surface area contributed by atoms with Crippen LogP contribution in [0.1, 0.15) is 19.8 Å². The van der Waals surface area contributed by atoms with Gasteiger partial charge in [0, 0.05) is 0 Å². The molecule has 0 saturated heterocycles. The van der Waals surface area contributed by atoms with Gasteiger partial charge in [-0.05, 0) is 19.1 Å². The van der Waals surface area contributed by atoms with E-state index in [9.17, 15) is 9.59 Å². The number of esters is 2. The highest BCUT2D eigenvalue weighted by molar-refractivity contribution is 5.77. The smallest absolute Gasteiger partial charge is 0.306 e. The zero-order chi connectivity index (χ0) is 13.9. The largest absolute Gasteiger partial charge is 0.490 e. The molecule has 1 aromatic rings. The molecule has 1 aromatic carbocycles. The van der Waals surface area contributed by atoms with Gasteiger partial charge in [-0.2, -0.15) is 0 Å². The summed E-state index contributed by atoms with van der Waals surface area (Å²) in [6.45, 7) is 2.49. The molecular formula is C14H18O5. The van der Waals surface area contributed by atoms with Crippen molar-refractivity contribution in [2.45, 2.75) is 19.8 Å². The van der Waals surface area contributed by atoms with Gasteiger partial charge in [-0.1, -0.05) is 18.2 Å². The molecular weight excluding hydrogens is 248 g/mol. The fourth-order valence-electron chi connectivity index (χ4n) is 1.34. The molecule has 0 aromatic heterocycles. The molecule has 5 nitrogen and oxygen atoms in total. The summed E-state index contributed by atoms with van der Waals surface area (Å²) < 4.78 is 15.0. The molecule has 0 atom stereocenters. The van der Waals surface area contributed by atoms with Gasteiger partial charge in [0.1, 0.15) is 19.0 Å². The Labute approximate surface area is 112 Å². The molecule has 0 radical (unpaired) electrons. The molecule has 1 rings (SSSR count). The minimum Gasteiger partial charge on any atom is -0.490 e. The lowest BCUT2D eigenvalue weighted by atomic mass is 10.3. The van der Waals surface area contributed by atoms with Crippen LogP contribution in [-0.2, 0) is 19.1 Å². The van der Waals surface area contributed by atoms with Crippen LogP contribution in [0.4, 0.5) is 0 Å². The van der Waals surface area contributed by atoms with Crippen LogP contribution in [0.2, 0.25) is 0 Å². The molecule has 0 aliphatic carbocycles. The Morgan fingerprint density at radius 1 is 0.947 bits per heavy atom. The lowest BCUT2D eigenvalue weighted by Crippen LogP contribution is -2.14. The van der Waals surface area contributed by atoms with Crippen LogP contribution in [0, 0.1) is 0 Å². The maximum Gasteiger partial charge on any atom is 0.306 e. The Balaban J connectivity index is 2.06. The number of carbonyl (C=O) groups is 2. The fraction of sp³-hybridized carbons (Fsp3) is 0.429. The Hall–Kier alpha value is -2.04. The maximum absolute atomic E-state index is 11.3. The molecule has 0 fully saturated rings. The number of hydrogen-bond donors (Lipinski definition) is 0. The number of benzene rings is 1. The van der Waals surface area contributed by atoms with E-state index in [1.54, 1.807) is 6.92 Å². The van der Waals surface area contributed by atoms with Crippen LogP contribution in [0.25, 0.3) is 0 Å². The molecule has 0 N–H and O–H groups in total. The van der Waals surface area contributed by atoms with Gasteiger partial charge in [0.05, 0.1) is 19.4 Å². The number of ether oxygens (including phenoxy) is 3. The topological polar surface area (TPSA) is 61.8 Å². The van der Waals surface area contributed by atoms with E-state index in [4.69, 9.17) is 14.2 Å². The third-order valence-electron chi connectivity index (χ3n) is 2.20.